The summed E-state index contributed by atoms with van der Waals surface area (Å²) in [5.74, 6) is 0.819. The molecule has 96 valence electrons. The van der Waals surface area contributed by atoms with E-state index in [9.17, 15) is 0 Å². The fourth-order valence-corrected chi connectivity index (χ4v) is 2.08. The van der Waals surface area contributed by atoms with Crippen molar-refractivity contribution in [3.05, 3.63) is 59.0 Å². The van der Waals surface area contributed by atoms with Gasteiger partial charge in [0.1, 0.15) is 18.0 Å². The number of benzene rings is 1. The maximum absolute atomic E-state index is 5.73. The van der Waals surface area contributed by atoms with Crippen molar-refractivity contribution in [1.82, 2.24) is 9.38 Å². The molecule has 0 radical (unpaired) electrons. The molecule has 19 heavy (non-hydrogen) atoms. The lowest BCUT2D eigenvalue weighted by Crippen LogP contribution is -1.95. The zero-order valence-corrected chi connectivity index (χ0v) is 11.7. The Morgan fingerprint density at radius 1 is 1.11 bits per heavy atom. The molecule has 0 fully saturated rings. The number of fused-ring (bicyclic) bond motifs is 1. The molecule has 3 rings (SSSR count). The van der Waals surface area contributed by atoms with Crippen molar-refractivity contribution in [2.45, 2.75) is 6.61 Å². The van der Waals surface area contributed by atoms with Gasteiger partial charge in [0, 0.05) is 22.6 Å². The maximum atomic E-state index is 5.73. The SMILES string of the molecule is Nc1ccc2nc(COc3ccc(Br)cc3)cn2c1. The van der Waals surface area contributed by atoms with Crippen molar-refractivity contribution >= 4 is 27.3 Å². The van der Waals surface area contributed by atoms with Gasteiger partial charge in [-0.3, -0.25) is 0 Å². The highest BCUT2D eigenvalue weighted by molar-refractivity contribution is 9.10. The molecule has 4 nitrogen and oxygen atoms in total. The summed E-state index contributed by atoms with van der Waals surface area (Å²) >= 11 is 3.39. The quantitative estimate of drug-likeness (QED) is 0.806. The standard InChI is InChI=1S/C14H12BrN3O/c15-10-1-4-13(5-2-10)19-9-12-8-18-7-11(16)3-6-14(18)17-12/h1-8H,9,16H2. The molecule has 0 unspecified atom stereocenters. The summed E-state index contributed by atoms with van der Waals surface area (Å²) < 4.78 is 8.61. The average Bonchev–Trinajstić information content (AvgIpc) is 2.80. The van der Waals surface area contributed by atoms with Gasteiger partial charge in [0.25, 0.3) is 0 Å². The molecule has 0 bridgehead atoms. The lowest BCUT2D eigenvalue weighted by molar-refractivity contribution is 0.302. The first-order chi connectivity index (χ1) is 9.20. The van der Waals surface area contributed by atoms with Gasteiger partial charge in [-0.05, 0) is 36.4 Å². The molecule has 0 atom stereocenters. The normalized spacial score (nSPS) is 10.8. The summed E-state index contributed by atoms with van der Waals surface area (Å²) in [6, 6.07) is 11.4. The summed E-state index contributed by atoms with van der Waals surface area (Å²) in [6.07, 6.45) is 3.76. The van der Waals surface area contributed by atoms with Crippen LogP contribution in [-0.4, -0.2) is 9.38 Å². The number of hydrogen-bond acceptors (Lipinski definition) is 3. The van der Waals surface area contributed by atoms with Crippen LogP contribution in [0.4, 0.5) is 5.69 Å². The molecule has 2 N–H and O–H groups in total. The van der Waals surface area contributed by atoms with Gasteiger partial charge in [-0.25, -0.2) is 4.98 Å². The highest BCUT2D eigenvalue weighted by Crippen LogP contribution is 2.17. The van der Waals surface area contributed by atoms with Crippen molar-refractivity contribution < 1.29 is 4.74 Å². The zero-order valence-electron chi connectivity index (χ0n) is 10.1. The fourth-order valence-electron chi connectivity index (χ4n) is 1.82. The Bertz CT molecular complexity index is 706. The van der Waals surface area contributed by atoms with E-state index in [0.717, 1.165) is 21.6 Å². The molecule has 0 spiro atoms. The minimum absolute atomic E-state index is 0.434. The number of anilines is 1. The van der Waals surface area contributed by atoms with Gasteiger partial charge in [0.2, 0.25) is 0 Å². The third-order valence-corrected chi connectivity index (χ3v) is 3.25. The van der Waals surface area contributed by atoms with E-state index in [2.05, 4.69) is 20.9 Å². The van der Waals surface area contributed by atoms with E-state index in [0.29, 0.717) is 12.3 Å². The van der Waals surface area contributed by atoms with Crippen molar-refractivity contribution in [3.63, 3.8) is 0 Å². The number of nitrogens with two attached hydrogens (primary N) is 1. The van der Waals surface area contributed by atoms with Crippen LogP contribution in [0.5, 0.6) is 5.75 Å². The fraction of sp³-hybridized carbons (Fsp3) is 0.0714. The first kappa shape index (κ1) is 12.0. The van der Waals surface area contributed by atoms with Crippen LogP contribution in [0, 0.1) is 0 Å². The number of nitrogens with zero attached hydrogens (tertiary/aromatic N) is 2. The Hall–Kier alpha value is -2.01. The van der Waals surface area contributed by atoms with Gasteiger partial charge >= 0.3 is 0 Å². The lowest BCUT2D eigenvalue weighted by atomic mass is 10.3. The number of nitrogen functional groups attached to an aromatic ring is 1. The van der Waals surface area contributed by atoms with Crippen LogP contribution in [0.1, 0.15) is 5.69 Å². The number of halogens is 1. The molecule has 1 aromatic carbocycles. The largest absolute Gasteiger partial charge is 0.487 e. The van der Waals surface area contributed by atoms with Crippen molar-refractivity contribution in [3.8, 4) is 5.75 Å². The van der Waals surface area contributed by atoms with E-state index < -0.39 is 0 Å². The molecule has 0 amide bonds. The summed E-state index contributed by atoms with van der Waals surface area (Å²) in [7, 11) is 0. The number of aromatic nitrogens is 2. The Labute approximate surface area is 119 Å². The average molecular weight is 318 g/mol. The van der Waals surface area contributed by atoms with Gasteiger partial charge in [-0.1, -0.05) is 15.9 Å². The number of hydrogen-bond donors (Lipinski definition) is 1. The molecule has 2 heterocycles. The van der Waals surface area contributed by atoms with Crippen LogP contribution in [-0.2, 0) is 6.61 Å². The van der Waals surface area contributed by atoms with Crippen LogP contribution < -0.4 is 10.5 Å². The highest BCUT2D eigenvalue weighted by atomic mass is 79.9. The molecule has 0 aliphatic carbocycles. The number of imidazole rings is 1. The number of rotatable bonds is 3. The molecule has 0 aliphatic heterocycles. The van der Waals surface area contributed by atoms with Crippen LogP contribution in [0.25, 0.3) is 5.65 Å². The topological polar surface area (TPSA) is 52.5 Å². The summed E-state index contributed by atoms with van der Waals surface area (Å²) in [5, 5.41) is 0. The number of pyridine rings is 1. The summed E-state index contributed by atoms with van der Waals surface area (Å²) in [6.45, 7) is 0.434. The Morgan fingerprint density at radius 2 is 1.89 bits per heavy atom. The molecule has 3 aromatic rings. The number of ether oxygens (including phenoxy) is 1. The molecule has 0 saturated heterocycles. The van der Waals surface area contributed by atoms with Crippen LogP contribution in [0.15, 0.2) is 53.3 Å². The van der Waals surface area contributed by atoms with Crippen LogP contribution in [0.3, 0.4) is 0 Å². The maximum Gasteiger partial charge on any atom is 0.137 e. The monoisotopic (exact) mass is 317 g/mol. The van der Waals surface area contributed by atoms with E-state index in [1.165, 1.54) is 0 Å². The Kier molecular flexibility index (Phi) is 3.13. The smallest absolute Gasteiger partial charge is 0.137 e. The highest BCUT2D eigenvalue weighted by Gasteiger charge is 2.03. The predicted molar refractivity (Wildman–Crippen MR) is 78.1 cm³/mol. The Balaban J connectivity index is 1.76. The van der Waals surface area contributed by atoms with E-state index in [4.69, 9.17) is 10.5 Å². The van der Waals surface area contributed by atoms with Crippen LogP contribution >= 0.6 is 15.9 Å². The van der Waals surface area contributed by atoms with Gasteiger partial charge in [-0.15, -0.1) is 0 Å². The minimum atomic E-state index is 0.434. The van der Waals surface area contributed by atoms with Gasteiger partial charge in [-0.2, -0.15) is 0 Å². The first-order valence-electron chi connectivity index (χ1n) is 5.82. The van der Waals surface area contributed by atoms with Gasteiger partial charge in [0.05, 0.1) is 5.69 Å². The predicted octanol–water partition coefficient (Wildman–Crippen LogP) is 3.26. The molecule has 0 saturated carbocycles. The molecular weight excluding hydrogens is 306 g/mol. The van der Waals surface area contributed by atoms with Crippen molar-refractivity contribution in [2.24, 2.45) is 0 Å². The second-order valence-corrected chi connectivity index (χ2v) is 5.12. The van der Waals surface area contributed by atoms with Crippen molar-refractivity contribution in [1.29, 1.82) is 0 Å². The second kappa shape index (κ2) is 4.93. The third kappa shape index (κ3) is 2.71. The van der Waals surface area contributed by atoms with Crippen LogP contribution in [0.2, 0.25) is 0 Å². The second-order valence-electron chi connectivity index (χ2n) is 4.20. The molecular formula is C14H12BrN3O. The third-order valence-electron chi connectivity index (χ3n) is 2.72. The Morgan fingerprint density at radius 3 is 2.68 bits per heavy atom. The lowest BCUT2D eigenvalue weighted by Gasteiger charge is -2.03. The molecule has 0 aliphatic rings. The summed E-state index contributed by atoms with van der Waals surface area (Å²) in [4.78, 5) is 4.46. The first-order valence-corrected chi connectivity index (χ1v) is 6.61. The molecule has 2 aromatic heterocycles. The van der Waals surface area contributed by atoms with E-state index >= 15 is 0 Å². The van der Waals surface area contributed by atoms with Gasteiger partial charge < -0.3 is 14.9 Å². The van der Waals surface area contributed by atoms with E-state index in [1.54, 1.807) is 0 Å². The van der Waals surface area contributed by atoms with Crippen molar-refractivity contribution in [2.75, 3.05) is 5.73 Å². The minimum Gasteiger partial charge on any atom is -0.487 e. The van der Waals surface area contributed by atoms with E-state index in [-0.39, 0.29) is 0 Å². The zero-order chi connectivity index (χ0) is 13.2. The van der Waals surface area contributed by atoms with Gasteiger partial charge in [0.15, 0.2) is 0 Å². The van der Waals surface area contributed by atoms with E-state index in [1.807, 2.05) is 53.2 Å². The summed E-state index contributed by atoms with van der Waals surface area (Å²) in [5.41, 5.74) is 8.17. The molecule has 5 heteroatoms.